The number of nitrogens with zero attached hydrogens (tertiary/aromatic N) is 2. The summed E-state index contributed by atoms with van der Waals surface area (Å²) in [5.41, 5.74) is -0.471. The van der Waals surface area contributed by atoms with Gasteiger partial charge >= 0.3 is 5.97 Å². The third kappa shape index (κ3) is 8.38. The molecule has 0 aliphatic carbocycles. The Bertz CT molecular complexity index is 252. The van der Waals surface area contributed by atoms with Crippen LogP contribution in [0.3, 0.4) is 0 Å². The number of esters is 1. The van der Waals surface area contributed by atoms with E-state index in [2.05, 4.69) is 10.2 Å². The van der Waals surface area contributed by atoms with Crippen molar-refractivity contribution >= 4 is 5.97 Å². The Morgan fingerprint density at radius 2 is 1.69 bits per heavy atom. The first-order chi connectivity index (χ1) is 7.16. The van der Waals surface area contributed by atoms with Crippen molar-refractivity contribution in [2.24, 2.45) is 10.2 Å². The Labute approximate surface area is 98.5 Å². The Morgan fingerprint density at radius 3 is 2.12 bits per heavy atom. The molecule has 0 saturated heterocycles. The van der Waals surface area contributed by atoms with Crippen LogP contribution in [0.1, 0.15) is 54.4 Å². The van der Waals surface area contributed by atoms with Crippen LogP contribution in [0.25, 0.3) is 0 Å². The summed E-state index contributed by atoms with van der Waals surface area (Å²) in [6.45, 7) is 12.2. The molecule has 0 aliphatic rings. The lowest BCUT2D eigenvalue weighted by molar-refractivity contribution is -0.143. The van der Waals surface area contributed by atoms with Crippen LogP contribution in [0.2, 0.25) is 0 Å². The number of hydrogen-bond donors (Lipinski definition) is 0. The minimum atomic E-state index is -0.306. The first-order valence-electron chi connectivity index (χ1n) is 5.76. The summed E-state index contributed by atoms with van der Waals surface area (Å²) in [7, 11) is 0. The number of carbonyl (C=O) groups excluding carboxylic acids is 1. The molecule has 0 N–H and O–H groups in total. The zero-order chi connectivity index (χ0) is 12.8. The molecule has 0 rings (SSSR count). The maximum atomic E-state index is 11.2. The molecular formula is C12H24N2O2. The highest BCUT2D eigenvalue weighted by atomic mass is 16.5. The standard InChI is InChI=1S/C12H24N2O2/c1-7-16-10(15)8-9-12(5,6)14-13-11(2,3)4/h7-9H2,1-6H3. The van der Waals surface area contributed by atoms with Crippen LogP contribution in [-0.2, 0) is 9.53 Å². The van der Waals surface area contributed by atoms with Gasteiger partial charge in [0.2, 0.25) is 0 Å². The molecule has 0 aromatic rings. The first-order valence-corrected chi connectivity index (χ1v) is 5.76. The number of azo groups is 1. The normalized spacial score (nSPS) is 13.1. The van der Waals surface area contributed by atoms with E-state index >= 15 is 0 Å². The van der Waals surface area contributed by atoms with Gasteiger partial charge in [-0.1, -0.05) is 0 Å². The van der Waals surface area contributed by atoms with Crippen molar-refractivity contribution in [3.8, 4) is 0 Å². The highest BCUT2D eigenvalue weighted by Gasteiger charge is 2.20. The van der Waals surface area contributed by atoms with Gasteiger partial charge in [0.05, 0.1) is 17.7 Å². The molecule has 0 bridgehead atoms. The largest absolute Gasteiger partial charge is 0.466 e. The highest BCUT2D eigenvalue weighted by Crippen LogP contribution is 2.20. The quantitative estimate of drug-likeness (QED) is 0.535. The molecule has 0 atom stereocenters. The van der Waals surface area contributed by atoms with E-state index in [0.29, 0.717) is 19.4 Å². The van der Waals surface area contributed by atoms with Crippen LogP contribution in [0, 0.1) is 0 Å². The summed E-state index contributed by atoms with van der Waals surface area (Å²) in [5.74, 6) is -0.165. The Kier molecular flexibility index (Phi) is 5.62. The molecule has 4 heteroatoms. The maximum Gasteiger partial charge on any atom is 0.305 e. The fraction of sp³-hybridized carbons (Fsp3) is 0.917. The smallest absolute Gasteiger partial charge is 0.305 e. The molecule has 0 spiro atoms. The van der Waals surface area contributed by atoms with Crippen LogP contribution in [0.5, 0.6) is 0 Å². The maximum absolute atomic E-state index is 11.2. The molecule has 0 heterocycles. The van der Waals surface area contributed by atoms with E-state index in [9.17, 15) is 4.79 Å². The predicted octanol–water partition coefficient (Wildman–Crippen LogP) is 3.36. The second kappa shape index (κ2) is 5.97. The van der Waals surface area contributed by atoms with Gasteiger partial charge in [0, 0.05) is 6.42 Å². The number of ether oxygens (including phenoxy) is 1. The minimum absolute atomic E-state index is 0.165. The summed E-state index contributed by atoms with van der Waals surface area (Å²) in [5, 5.41) is 8.50. The Balaban J connectivity index is 4.15. The molecule has 0 fully saturated rings. The minimum Gasteiger partial charge on any atom is -0.466 e. The topological polar surface area (TPSA) is 51.0 Å². The third-order valence-corrected chi connectivity index (χ3v) is 1.87. The van der Waals surface area contributed by atoms with Gasteiger partial charge in [0.1, 0.15) is 0 Å². The summed E-state index contributed by atoms with van der Waals surface area (Å²) < 4.78 is 4.87. The van der Waals surface area contributed by atoms with Gasteiger partial charge in [-0.3, -0.25) is 4.79 Å². The SMILES string of the molecule is CCOC(=O)CCC(C)(C)N=NC(C)(C)C. The van der Waals surface area contributed by atoms with Crippen molar-refractivity contribution in [3.63, 3.8) is 0 Å². The van der Waals surface area contributed by atoms with Crippen molar-refractivity contribution in [1.82, 2.24) is 0 Å². The second-order valence-corrected chi connectivity index (χ2v) is 5.49. The molecule has 0 unspecified atom stereocenters. The number of hydrogen-bond acceptors (Lipinski definition) is 4. The van der Waals surface area contributed by atoms with Crippen LogP contribution >= 0.6 is 0 Å². The van der Waals surface area contributed by atoms with E-state index < -0.39 is 0 Å². The van der Waals surface area contributed by atoms with E-state index in [1.807, 2.05) is 41.5 Å². The van der Waals surface area contributed by atoms with Gasteiger partial charge in [-0.25, -0.2) is 0 Å². The van der Waals surface area contributed by atoms with E-state index in [1.165, 1.54) is 0 Å². The van der Waals surface area contributed by atoms with E-state index in [4.69, 9.17) is 4.74 Å². The van der Waals surface area contributed by atoms with Crippen molar-refractivity contribution in [2.45, 2.75) is 65.5 Å². The van der Waals surface area contributed by atoms with Crippen LogP contribution in [0.15, 0.2) is 10.2 Å². The first kappa shape index (κ1) is 15.1. The molecule has 0 amide bonds. The average Bonchev–Trinajstić information content (AvgIpc) is 2.12. The Hall–Kier alpha value is -0.930. The lowest BCUT2D eigenvalue weighted by atomic mass is 10.00. The fourth-order valence-corrected chi connectivity index (χ4v) is 0.976. The predicted molar refractivity (Wildman–Crippen MR) is 64.6 cm³/mol. The average molecular weight is 228 g/mol. The molecular weight excluding hydrogens is 204 g/mol. The molecule has 0 saturated carbocycles. The van der Waals surface area contributed by atoms with E-state index in [1.54, 1.807) is 0 Å². The zero-order valence-corrected chi connectivity index (χ0v) is 11.3. The van der Waals surface area contributed by atoms with Gasteiger partial charge in [0.15, 0.2) is 0 Å². The summed E-state index contributed by atoms with van der Waals surface area (Å²) in [6, 6.07) is 0. The molecule has 0 aromatic heterocycles. The summed E-state index contributed by atoms with van der Waals surface area (Å²) in [6.07, 6.45) is 1.05. The molecule has 0 aromatic carbocycles. The summed E-state index contributed by atoms with van der Waals surface area (Å²) in [4.78, 5) is 11.2. The molecule has 94 valence electrons. The number of rotatable bonds is 5. The third-order valence-electron chi connectivity index (χ3n) is 1.87. The monoisotopic (exact) mass is 228 g/mol. The van der Waals surface area contributed by atoms with Gasteiger partial charge in [-0.05, 0) is 48.0 Å². The van der Waals surface area contributed by atoms with Crippen molar-refractivity contribution in [1.29, 1.82) is 0 Å². The second-order valence-electron chi connectivity index (χ2n) is 5.49. The van der Waals surface area contributed by atoms with Crippen molar-refractivity contribution < 1.29 is 9.53 Å². The van der Waals surface area contributed by atoms with Crippen LogP contribution < -0.4 is 0 Å². The lowest BCUT2D eigenvalue weighted by Gasteiger charge is -2.20. The summed E-state index contributed by atoms with van der Waals surface area (Å²) >= 11 is 0. The van der Waals surface area contributed by atoms with Crippen molar-refractivity contribution in [3.05, 3.63) is 0 Å². The Morgan fingerprint density at radius 1 is 1.12 bits per heavy atom. The van der Waals surface area contributed by atoms with Crippen LogP contribution in [-0.4, -0.2) is 23.7 Å². The van der Waals surface area contributed by atoms with Gasteiger partial charge < -0.3 is 4.74 Å². The zero-order valence-electron chi connectivity index (χ0n) is 11.3. The molecule has 4 nitrogen and oxygen atoms in total. The molecule has 16 heavy (non-hydrogen) atoms. The van der Waals surface area contributed by atoms with E-state index in [0.717, 1.165) is 0 Å². The highest BCUT2D eigenvalue weighted by molar-refractivity contribution is 5.69. The van der Waals surface area contributed by atoms with Crippen LogP contribution in [0.4, 0.5) is 0 Å². The van der Waals surface area contributed by atoms with Gasteiger partial charge in [0.25, 0.3) is 0 Å². The molecule has 0 aliphatic heterocycles. The van der Waals surface area contributed by atoms with E-state index in [-0.39, 0.29) is 17.0 Å². The van der Waals surface area contributed by atoms with Crippen molar-refractivity contribution in [2.75, 3.05) is 6.61 Å². The number of carbonyl (C=O) groups is 1. The van der Waals surface area contributed by atoms with Gasteiger partial charge in [-0.2, -0.15) is 10.2 Å². The molecule has 0 radical (unpaired) electrons. The lowest BCUT2D eigenvalue weighted by Crippen LogP contribution is -2.20. The van der Waals surface area contributed by atoms with Gasteiger partial charge in [-0.15, -0.1) is 0 Å². The fourth-order valence-electron chi connectivity index (χ4n) is 0.976.